The Labute approximate surface area is 126 Å². The van der Waals surface area contributed by atoms with Crippen molar-refractivity contribution in [1.82, 2.24) is 5.32 Å². The van der Waals surface area contributed by atoms with Gasteiger partial charge >= 0.3 is 6.03 Å². The minimum absolute atomic E-state index is 0.183. The molecule has 1 saturated heterocycles. The number of hydrogen-bond donors (Lipinski definition) is 2. The van der Waals surface area contributed by atoms with Crippen molar-refractivity contribution in [1.29, 1.82) is 0 Å². The average Bonchev–Trinajstić information content (AvgIpc) is 2.98. The fraction of sp³-hybridized carbons (Fsp3) is 0.562. The van der Waals surface area contributed by atoms with Crippen molar-refractivity contribution in [2.75, 3.05) is 31.7 Å². The molecule has 0 saturated carbocycles. The quantitative estimate of drug-likeness (QED) is 0.847. The highest BCUT2D eigenvalue weighted by Gasteiger charge is 2.16. The second-order valence-electron chi connectivity index (χ2n) is 5.79. The van der Waals surface area contributed by atoms with Crippen LogP contribution in [0, 0.1) is 11.8 Å². The lowest BCUT2D eigenvalue weighted by Crippen LogP contribution is -2.33. The summed E-state index contributed by atoms with van der Waals surface area (Å²) in [6.07, 6.45) is 1.02. The van der Waals surface area contributed by atoms with E-state index in [9.17, 15) is 4.79 Å². The first-order valence-corrected chi connectivity index (χ1v) is 7.49. The van der Waals surface area contributed by atoms with Crippen LogP contribution in [-0.4, -0.2) is 32.4 Å². The molecule has 1 heterocycles. The molecule has 0 bridgehead atoms. The van der Waals surface area contributed by atoms with Crippen molar-refractivity contribution in [3.05, 3.63) is 24.3 Å². The number of urea groups is 1. The van der Waals surface area contributed by atoms with E-state index in [0.29, 0.717) is 25.0 Å². The third-order valence-corrected chi connectivity index (χ3v) is 3.27. The summed E-state index contributed by atoms with van der Waals surface area (Å²) in [5, 5.41) is 5.68. The topological polar surface area (TPSA) is 59.6 Å². The fourth-order valence-electron chi connectivity index (χ4n) is 2.05. The average molecular weight is 292 g/mol. The van der Waals surface area contributed by atoms with Crippen LogP contribution in [0.5, 0.6) is 5.75 Å². The molecule has 5 nitrogen and oxygen atoms in total. The predicted octanol–water partition coefficient (Wildman–Crippen LogP) is 2.88. The van der Waals surface area contributed by atoms with Crippen molar-refractivity contribution in [2.24, 2.45) is 11.8 Å². The molecule has 1 fully saturated rings. The molecule has 1 atom stereocenters. The van der Waals surface area contributed by atoms with E-state index in [1.54, 1.807) is 0 Å². The number of amides is 2. The van der Waals surface area contributed by atoms with Gasteiger partial charge in [0.2, 0.25) is 0 Å². The van der Waals surface area contributed by atoms with E-state index in [0.717, 1.165) is 31.1 Å². The van der Waals surface area contributed by atoms with Crippen LogP contribution in [0.3, 0.4) is 0 Å². The van der Waals surface area contributed by atoms with Crippen molar-refractivity contribution in [2.45, 2.75) is 20.3 Å². The molecule has 1 aromatic rings. The second kappa shape index (κ2) is 7.88. The molecule has 0 unspecified atom stereocenters. The van der Waals surface area contributed by atoms with Crippen LogP contribution in [0.1, 0.15) is 20.3 Å². The lowest BCUT2D eigenvalue weighted by Gasteiger charge is -2.12. The van der Waals surface area contributed by atoms with E-state index in [4.69, 9.17) is 9.47 Å². The summed E-state index contributed by atoms with van der Waals surface area (Å²) >= 11 is 0. The molecule has 0 aliphatic carbocycles. The van der Waals surface area contributed by atoms with Crippen LogP contribution in [0.2, 0.25) is 0 Å². The van der Waals surface area contributed by atoms with Crippen molar-refractivity contribution < 1.29 is 14.3 Å². The van der Waals surface area contributed by atoms with Crippen LogP contribution in [0.15, 0.2) is 24.3 Å². The zero-order chi connectivity index (χ0) is 15.1. The monoisotopic (exact) mass is 292 g/mol. The Balaban J connectivity index is 1.72. The van der Waals surface area contributed by atoms with Crippen LogP contribution >= 0.6 is 0 Å². The Morgan fingerprint density at radius 3 is 2.76 bits per heavy atom. The SMILES string of the molecule is CC(C)COc1ccc(NC(=O)NC[C@H]2CCOC2)cc1. The summed E-state index contributed by atoms with van der Waals surface area (Å²) in [4.78, 5) is 11.8. The van der Waals surface area contributed by atoms with Gasteiger partial charge in [0.25, 0.3) is 0 Å². The molecule has 1 aromatic carbocycles. The van der Waals surface area contributed by atoms with E-state index in [1.165, 1.54) is 0 Å². The minimum Gasteiger partial charge on any atom is -0.493 e. The third kappa shape index (κ3) is 5.63. The number of hydrogen-bond acceptors (Lipinski definition) is 3. The molecular formula is C16H24N2O3. The Morgan fingerprint density at radius 2 is 2.14 bits per heavy atom. The van der Waals surface area contributed by atoms with E-state index in [2.05, 4.69) is 24.5 Å². The van der Waals surface area contributed by atoms with Crippen LogP contribution < -0.4 is 15.4 Å². The van der Waals surface area contributed by atoms with Gasteiger partial charge in [0, 0.05) is 24.8 Å². The molecule has 2 rings (SSSR count). The third-order valence-electron chi connectivity index (χ3n) is 3.27. The molecule has 2 amide bonds. The molecule has 116 valence electrons. The normalized spacial score (nSPS) is 17.8. The zero-order valence-electron chi connectivity index (χ0n) is 12.7. The predicted molar refractivity (Wildman–Crippen MR) is 82.7 cm³/mol. The molecule has 1 aliphatic heterocycles. The second-order valence-corrected chi connectivity index (χ2v) is 5.79. The van der Waals surface area contributed by atoms with Gasteiger partial charge in [-0.25, -0.2) is 4.79 Å². The summed E-state index contributed by atoms with van der Waals surface area (Å²) in [6.45, 7) is 7.09. The number of rotatable bonds is 6. The minimum atomic E-state index is -0.183. The first-order chi connectivity index (χ1) is 10.1. The summed E-state index contributed by atoms with van der Waals surface area (Å²) in [5.74, 6) is 1.74. The summed E-state index contributed by atoms with van der Waals surface area (Å²) < 4.78 is 10.9. The van der Waals surface area contributed by atoms with Gasteiger partial charge in [0.05, 0.1) is 13.2 Å². The first-order valence-electron chi connectivity index (χ1n) is 7.49. The maximum atomic E-state index is 11.8. The van der Waals surface area contributed by atoms with Crippen molar-refractivity contribution in [3.63, 3.8) is 0 Å². The van der Waals surface area contributed by atoms with Gasteiger partial charge < -0.3 is 20.1 Å². The molecule has 21 heavy (non-hydrogen) atoms. The number of benzene rings is 1. The van der Waals surface area contributed by atoms with Gasteiger partial charge in [-0.3, -0.25) is 0 Å². The standard InChI is InChI=1S/C16H24N2O3/c1-12(2)10-21-15-5-3-14(4-6-15)18-16(19)17-9-13-7-8-20-11-13/h3-6,12-13H,7-11H2,1-2H3,(H2,17,18,19)/t13-/m1/s1. The number of carbonyl (C=O) groups excluding carboxylic acids is 1. The van der Waals surface area contributed by atoms with Gasteiger partial charge in [-0.1, -0.05) is 13.8 Å². The maximum absolute atomic E-state index is 11.8. The van der Waals surface area contributed by atoms with E-state index in [1.807, 2.05) is 24.3 Å². The first kappa shape index (κ1) is 15.6. The maximum Gasteiger partial charge on any atom is 0.319 e. The lowest BCUT2D eigenvalue weighted by molar-refractivity contribution is 0.185. The van der Waals surface area contributed by atoms with Gasteiger partial charge in [0.15, 0.2) is 0 Å². The molecule has 5 heteroatoms. The van der Waals surface area contributed by atoms with Gasteiger partial charge in [-0.15, -0.1) is 0 Å². The number of anilines is 1. The summed E-state index contributed by atoms with van der Waals surface area (Å²) in [5.41, 5.74) is 0.757. The lowest BCUT2D eigenvalue weighted by atomic mass is 10.1. The highest BCUT2D eigenvalue weighted by atomic mass is 16.5. The Hall–Kier alpha value is -1.75. The molecule has 1 aliphatic rings. The van der Waals surface area contributed by atoms with Gasteiger partial charge in [-0.05, 0) is 36.6 Å². The van der Waals surface area contributed by atoms with Crippen molar-refractivity contribution in [3.8, 4) is 5.75 Å². The Morgan fingerprint density at radius 1 is 1.38 bits per heavy atom. The largest absolute Gasteiger partial charge is 0.493 e. The van der Waals surface area contributed by atoms with Gasteiger partial charge in [-0.2, -0.15) is 0 Å². The number of carbonyl (C=O) groups is 1. The van der Waals surface area contributed by atoms with E-state index < -0.39 is 0 Å². The molecule has 2 N–H and O–H groups in total. The Bertz CT molecular complexity index is 439. The Kier molecular flexibility index (Phi) is 5.87. The van der Waals surface area contributed by atoms with Crippen LogP contribution in [0.4, 0.5) is 10.5 Å². The number of nitrogens with one attached hydrogen (secondary N) is 2. The summed E-state index contributed by atoms with van der Waals surface area (Å²) in [7, 11) is 0. The smallest absolute Gasteiger partial charge is 0.319 e. The molecule has 0 spiro atoms. The molecule has 0 radical (unpaired) electrons. The highest BCUT2D eigenvalue weighted by Crippen LogP contribution is 2.16. The number of ether oxygens (including phenoxy) is 2. The van der Waals surface area contributed by atoms with E-state index >= 15 is 0 Å². The van der Waals surface area contributed by atoms with Crippen LogP contribution in [0.25, 0.3) is 0 Å². The fourth-order valence-corrected chi connectivity index (χ4v) is 2.05. The van der Waals surface area contributed by atoms with E-state index in [-0.39, 0.29) is 6.03 Å². The van der Waals surface area contributed by atoms with Crippen molar-refractivity contribution >= 4 is 11.7 Å². The van der Waals surface area contributed by atoms with Gasteiger partial charge in [0.1, 0.15) is 5.75 Å². The van der Waals surface area contributed by atoms with Crippen LogP contribution in [-0.2, 0) is 4.74 Å². The summed E-state index contributed by atoms with van der Waals surface area (Å²) in [6, 6.07) is 7.23. The molecular weight excluding hydrogens is 268 g/mol. The zero-order valence-corrected chi connectivity index (χ0v) is 12.7. The molecule has 0 aromatic heterocycles. The highest BCUT2D eigenvalue weighted by molar-refractivity contribution is 5.89.